The van der Waals surface area contributed by atoms with E-state index in [1.807, 2.05) is 25.8 Å². The SMILES string of the molecule is C=C1CC[C@H]2C(C)(C)CCC[C@]2(C)[C@H]1C[C@@]12C[C@H]3C(=O)N(C)[C@@H](C(C)C)C(=O)N3[C@@H]1Nc1ccccc12. The molecular formula is C32H45N3O2. The molecule has 0 bridgehead atoms. The predicted octanol–water partition coefficient (Wildman–Crippen LogP) is 5.96. The van der Waals surface area contributed by atoms with Crippen LogP contribution in [0.3, 0.4) is 0 Å². The second-order valence-corrected chi connectivity index (χ2v) is 14.2. The first-order valence-corrected chi connectivity index (χ1v) is 14.5. The van der Waals surface area contributed by atoms with Gasteiger partial charge in [-0.2, -0.15) is 0 Å². The average molecular weight is 504 g/mol. The summed E-state index contributed by atoms with van der Waals surface area (Å²) in [6.07, 6.45) is 7.58. The van der Waals surface area contributed by atoms with Crippen molar-refractivity contribution in [1.29, 1.82) is 0 Å². The van der Waals surface area contributed by atoms with Crippen LogP contribution in [0.15, 0.2) is 36.4 Å². The molecule has 3 aliphatic heterocycles. The Bertz CT molecular complexity index is 1160. The van der Waals surface area contributed by atoms with Crippen molar-refractivity contribution >= 4 is 17.5 Å². The molecule has 1 N–H and O–H groups in total. The topological polar surface area (TPSA) is 52.7 Å². The fourth-order valence-electron chi connectivity index (χ4n) is 9.89. The third-order valence-corrected chi connectivity index (χ3v) is 11.5. The Morgan fingerprint density at radius 2 is 1.84 bits per heavy atom. The van der Waals surface area contributed by atoms with Crippen LogP contribution in [0.5, 0.6) is 0 Å². The number of hydrogen-bond donors (Lipinski definition) is 1. The number of hydrogen-bond acceptors (Lipinski definition) is 3. The molecule has 7 atom stereocenters. The highest BCUT2D eigenvalue weighted by Crippen LogP contribution is 2.65. The van der Waals surface area contributed by atoms with Crippen LogP contribution in [-0.2, 0) is 15.0 Å². The number of rotatable bonds is 3. The fraction of sp³-hybridized carbons (Fsp3) is 0.688. The van der Waals surface area contributed by atoms with Gasteiger partial charge in [-0.15, -0.1) is 0 Å². The zero-order valence-electron chi connectivity index (χ0n) is 23.6. The molecule has 5 nitrogen and oxygen atoms in total. The molecule has 200 valence electrons. The number of likely N-dealkylation sites (N-methyl/N-ethyl adjacent to an activating group) is 1. The zero-order valence-corrected chi connectivity index (χ0v) is 23.6. The van der Waals surface area contributed by atoms with Crippen LogP contribution >= 0.6 is 0 Å². The Hall–Kier alpha value is -2.30. The number of nitrogens with zero attached hydrogens (tertiary/aromatic N) is 2. The van der Waals surface area contributed by atoms with E-state index < -0.39 is 12.1 Å². The summed E-state index contributed by atoms with van der Waals surface area (Å²) in [5.41, 5.74) is 4.03. The molecule has 2 saturated carbocycles. The van der Waals surface area contributed by atoms with Gasteiger partial charge in [0.15, 0.2) is 0 Å². The first kappa shape index (κ1) is 25.0. The molecule has 0 unspecified atom stereocenters. The minimum atomic E-state index is -0.407. The van der Waals surface area contributed by atoms with E-state index in [1.165, 1.54) is 36.8 Å². The summed E-state index contributed by atoms with van der Waals surface area (Å²) >= 11 is 0. The predicted molar refractivity (Wildman–Crippen MR) is 148 cm³/mol. The van der Waals surface area contributed by atoms with Gasteiger partial charge in [-0.25, -0.2) is 0 Å². The lowest BCUT2D eigenvalue weighted by Crippen LogP contribution is -2.65. The maximum atomic E-state index is 14.0. The number of carbonyl (C=O) groups is 2. The number of para-hydroxylation sites is 1. The van der Waals surface area contributed by atoms with E-state index in [0.717, 1.165) is 18.5 Å². The molecule has 6 rings (SSSR count). The molecule has 2 aliphatic carbocycles. The van der Waals surface area contributed by atoms with Gasteiger partial charge in [0.2, 0.25) is 11.8 Å². The van der Waals surface area contributed by atoms with Crippen molar-refractivity contribution in [3.8, 4) is 0 Å². The first-order valence-electron chi connectivity index (χ1n) is 14.5. The molecule has 0 spiro atoms. The third-order valence-electron chi connectivity index (χ3n) is 11.5. The Labute approximate surface area is 223 Å². The van der Waals surface area contributed by atoms with Crippen molar-refractivity contribution in [1.82, 2.24) is 9.80 Å². The summed E-state index contributed by atoms with van der Waals surface area (Å²) in [4.78, 5) is 31.5. The highest BCUT2D eigenvalue weighted by Gasteiger charge is 2.66. The van der Waals surface area contributed by atoms with E-state index in [9.17, 15) is 9.59 Å². The third kappa shape index (κ3) is 3.27. The number of nitrogens with one attached hydrogen (secondary N) is 1. The summed E-state index contributed by atoms with van der Waals surface area (Å²) in [6, 6.07) is 7.79. The Morgan fingerprint density at radius 1 is 1.11 bits per heavy atom. The van der Waals surface area contributed by atoms with Gasteiger partial charge in [0.25, 0.3) is 0 Å². The number of benzene rings is 1. The van der Waals surface area contributed by atoms with Crippen LogP contribution in [0.2, 0.25) is 0 Å². The smallest absolute Gasteiger partial charge is 0.247 e. The minimum Gasteiger partial charge on any atom is -0.364 e. The van der Waals surface area contributed by atoms with Crippen LogP contribution in [0.4, 0.5) is 5.69 Å². The lowest BCUT2D eigenvalue weighted by Gasteiger charge is -2.59. The van der Waals surface area contributed by atoms with E-state index in [2.05, 4.69) is 56.9 Å². The zero-order chi connectivity index (χ0) is 26.5. The monoisotopic (exact) mass is 503 g/mol. The standard InChI is InChI=1S/C32H45N3O2/c1-19(2)26-28(37)35-24(27(36)34(26)7)18-32(21-11-8-9-12-23(21)33-29(32)35)17-22-20(3)13-14-25-30(4,5)15-10-16-31(22,25)6/h8-9,11-12,19,22,24-26,29,33H,3,10,13-18H2,1-2,4-7H3/t22-,24-,25-,26-,29-,31+,32-/m0/s1. The van der Waals surface area contributed by atoms with E-state index in [1.54, 1.807) is 4.90 Å². The van der Waals surface area contributed by atoms with Gasteiger partial charge in [-0.1, -0.05) is 71.4 Å². The highest BCUT2D eigenvalue weighted by atomic mass is 16.2. The number of piperazine rings is 1. The molecule has 37 heavy (non-hydrogen) atoms. The fourth-order valence-corrected chi connectivity index (χ4v) is 9.89. The molecule has 3 heterocycles. The maximum absolute atomic E-state index is 14.0. The Kier molecular flexibility index (Phi) is 5.47. The number of allylic oxidation sites excluding steroid dienone is 1. The lowest BCUT2D eigenvalue weighted by molar-refractivity contribution is -0.161. The molecular weight excluding hydrogens is 458 g/mol. The molecule has 0 radical (unpaired) electrons. The van der Waals surface area contributed by atoms with Crippen LogP contribution in [0.1, 0.15) is 85.1 Å². The van der Waals surface area contributed by atoms with E-state index in [4.69, 9.17) is 0 Å². The molecule has 1 aromatic carbocycles. The minimum absolute atomic E-state index is 0.0726. The van der Waals surface area contributed by atoms with Gasteiger partial charge in [0.1, 0.15) is 18.2 Å². The largest absolute Gasteiger partial charge is 0.364 e. The van der Waals surface area contributed by atoms with Crippen LogP contribution < -0.4 is 5.32 Å². The van der Waals surface area contributed by atoms with Crippen LogP contribution in [-0.4, -0.2) is 46.9 Å². The summed E-state index contributed by atoms with van der Waals surface area (Å²) in [7, 11) is 1.82. The molecule has 5 heteroatoms. The number of carbonyl (C=O) groups excluding carboxylic acids is 2. The summed E-state index contributed by atoms with van der Waals surface area (Å²) in [6.45, 7) is 16.3. The Morgan fingerprint density at radius 3 is 2.57 bits per heavy atom. The number of amides is 2. The van der Waals surface area contributed by atoms with Crippen molar-refractivity contribution in [2.24, 2.45) is 28.6 Å². The van der Waals surface area contributed by atoms with Gasteiger partial charge in [-0.3, -0.25) is 9.59 Å². The molecule has 4 fully saturated rings. The average Bonchev–Trinajstić information content (AvgIpc) is 3.30. The summed E-state index contributed by atoms with van der Waals surface area (Å²) < 4.78 is 0. The number of anilines is 1. The molecule has 2 saturated heterocycles. The van der Waals surface area contributed by atoms with Crippen molar-refractivity contribution < 1.29 is 9.59 Å². The van der Waals surface area contributed by atoms with Crippen LogP contribution in [0, 0.1) is 28.6 Å². The summed E-state index contributed by atoms with van der Waals surface area (Å²) in [5.74, 6) is 1.32. The first-order chi connectivity index (χ1) is 17.4. The maximum Gasteiger partial charge on any atom is 0.247 e. The van der Waals surface area contributed by atoms with Crippen molar-refractivity contribution in [3.63, 3.8) is 0 Å². The quantitative estimate of drug-likeness (QED) is 0.518. The van der Waals surface area contributed by atoms with E-state index in [-0.39, 0.29) is 34.7 Å². The molecule has 2 amide bonds. The van der Waals surface area contributed by atoms with E-state index in [0.29, 0.717) is 23.7 Å². The molecule has 5 aliphatic rings. The van der Waals surface area contributed by atoms with Crippen molar-refractivity contribution in [2.75, 3.05) is 12.4 Å². The van der Waals surface area contributed by atoms with Crippen molar-refractivity contribution in [3.05, 3.63) is 42.0 Å². The van der Waals surface area contributed by atoms with Gasteiger partial charge < -0.3 is 15.1 Å². The van der Waals surface area contributed by atoms with Gasteiger partial charge in [-0.05, 0) is 78.7 Å². The van der Waals surface area contributed by atoms with Gasteiger partial charge in [0.05, 0.1) is 0 Å². The van der Waals surface area contributed by atoms with Gasteiger partial charge >= 0.3 is 0 Å². The molecule has 1 aromatic rings. The highest BCUT2D eigenvalue weighted by molar-refractivity contribution is 5.98. The van der Waals surface area contributed by atoms with Crippen molar-refractivity contribution in [2.45, 2.75) is 103 Å². The van der Waals surface area contributed by atoms with Crippen LogP contribution in [0.25, 0.3) is 0 Å². The second-order valence-electron chi connectivity index (χ2n) is 14.2. The normalized spacial score (nSPS) is 40.3. The number of fused-ring (bicyclic) bond motifs is 6. The lowest BCUT2D eigenvalue weighted by atomic mass is 9.46. The Balaban J connectivity index is 1.46. The van der Waals surface area contributed by atoms with E-state index >= 15 is 0 Å². The molecule has 0 aromatic heterocycles. The van der Waals surface area contributed by atoms with Gasteiger partial charge in [0, 0.05) is 18.2 Å². The summed E-state index contributed by atoms with van der Waals surface area (Å²) in [5, 5.41) is 3.77. The second kappa shape index (κ2) is 8.10.